The zero-order valence-electron chi connectivity index (χ0n) is 13.8. The highest BCUT2D eigenvalue weighted by molar-refractivity contribution is 7.80. The molecule has 3 rings (SSSR count). The number of benzene rings is 2. The third-order valence-corrected chi connectivity index (χ3v) is 4.13. The van der Waals surface area contributed by atoms with Crippen LogP contribution in [0, 0.1) is 6.92 Å². The minimum absolute atomic E-state index is 0.0928. The van der Waals surface area contributed by atoms with Gasteiger partial charge in [0.1, 0.15) is 0 Å². The lowest BCUT2D eigenvalue weighted by Gasteiger charge is -2.13. The molecule has 1 saturated carbocycles. The number of aryl methyl sites for hydroxylation is 1. The highest BCUT2D eigenvalue weighted by Gasteiger charge is 2.24. The molecule has 0 aromatic heterocycles. The fourth-order valence-electron chi connectivity index (χ4n) is 2.31. The lowest BCUT2D eigenvalue weighted by Crippen LogP contribution is -2.34. The third-order valence-electron chi connectivity index (χ3n) is 3.92. The molecule has 3 N–H and O–H groups in total. The van der Waals surface area contributed by atoms with Crippen LogP contribution in [0.3, 0.4) is 0 Å². The van der Waals surface area contributed by atoms with Crippen LogP contribution < -0.4 is 16.0 Å². The minimum Gasteiger partial charge on any atom is -0.349 e. The average molecular weight is 353 g/mol. The molecular formula is C19H19N3O2S. The van der Waals surface area contributed by atoms with Gasteiger partial charge in [0.25, 0.3) is 11.8 Å². The van der Waals surface area contributed by atoms with E-state index < -0.39 is 0 Å². The van der Waals surface area contributed by atoms with Crippen molar-refractivity contribution in [3.05, 3.63) is 65.2 Å². The molecule has 0 spiro atoms. The summed E-state index contributed by atoms with van der Waals surface area (Å²) in [5, 5.41) is 8.78. The van der Waals surface area contributed by atoms with Crippen LogP contribution >= 0.6 is 12.2 Å². The van der Waals surface area contributed by atoms with Gasteiger partial charge in [-0.1, -0.05) is 24.3 Å². The Hall–Kier alpha value is -2.73. The fraction of sp³-hybridized carbons (Fsp3) is 0.211. The Morgan fingerprint density at radius 2 is 1.72 bits per heavy atom. The van der Waals surface area contributed by atoms with Gasteiger partial charge in [-0.25, -0.2) is 0 Å². The van der Waals surface area contributed by atoms with E-state index in [0.29, 0.717) is 22.9 Å². The van der Waals surface area contributed by atoms with E-state index in [2.05, 4.69) is 16.0 Å². The van der Waals surface area contributed by atoms with Gasteiger partial charge in [-0.3, -0.25) is 14.9 Å². The smallest absolute Gasteiger partial charge is 0.257 e. The zero-order valence-corrected chi connectivity index (χ0v) is 14.7. The summed E-state index contributed by atoms with van der Waals surface area (Å²) in [6, 6.07) is 14.5. The minimum atomic E-state index is -0.279. The molecule has 2 amide bonds. The number of thiocarbonyl (C=S) groups is 1. The van der Waals surface area contributed by atoms with E-state index in [1.165, 1.54) is 0 Å². The predicted octanol–water partition coefficient (Wildman–Crippen LogP) is 3.01. The Balaban J connectivity index is 1.65. The first-order chi connectivity index (χ1) is 12.0. The van der Waals surface area contributed by atoms with E-state index >= 15 is 0 Å². The van der Waals surface area contributed by atoms with Gasteiger partial charge in [-0.2, -0.15) is 0 Å². The van der Waals surface area contributed by atoms with Crippen LogP contribution in [0.4, 0.5) is 5.69 Å². The molecule has 0 radical (unpaired) electrons. The summed E-state index contributed by atoms with van der Waals surface area (Å²) < 4.78 is 0. The highest BCUT2D eigenvalue weighted by atomic mass is 32.1. The van der Waals surface area contributed by atoms with Crippen LogP contribution in [0.25, 0.3) is 0 Å². The third kappa shape index (κ3) is 4.64. The van der Waals surface area contributed by atoms with Crippen molar-refractivity contribution in [2.75, 3.05) is 5.32 Å². The molecule has 25 heavy (non-hydrogen) atoms. The first-order valence-corrected chi connectivity index (χ1v) is 8.52. The van der Waals surface area contributed by atoms with Crippen LogP contribution in [0.2, 0.25) is 0 Å². The number of carbonyl (C=O) groups excluding carboxylic acids is 2. The Morgan fingerprint density at radius 3 is 2.40 bits per heavy atom. The number of carbonyl (C=O) groups is 2. The second kappa shape index (κ2) is 7.44. The summed E-state index contributed by atoms with van der Waals surface area (Å²) in [5.41, 5.74) is 2.72. The second-order valence-electron chi connectivity index (χ2n) is 6.05. The molecule has 1 fully saturated rings. The SMILES string of the molecule is Cc1ccc(C(=O)NC2CC2)cc1NC(=S)NC(=O)c1ccccc1. The summed E-state index contributed by atoms with van der Waals surface area (Å²) in [4.78, 5) is 24.3. The summed E-state index contributed by atoms with van der Waals surface area (Å²) in [6.45, 7) is 1.91. The van der Waals surface area contributed by atoms with Crippen molar-refractivity contribution in [1.82, 2.24) is 10.6 Å². The maximum atomic E-state index is 12.2. The van der Waals surface area contributed by atoms with E-state index in [9.17, 15) is 9.59 Å². The van der Waals surface area contributed by atoms with Gasteiger partial charge in [-0.15, -0.1) is 0 Å². The topological polar surface area (TPSA) is 70.2 Å². The number of nitrogens with one attached hydrogen (secondary N) is 3. The first kappa shape index (κ1) is 17.1. The average Bonchev–Trinajstić information content (AvgIpc) is 3.41. The molecular weight excluding hydrogens is 334 g/mol. The maximum Gasteiger partial charge on any atom is 0.257 e. The largest absolute Gasteiger partial charge is 0.349 e. The van der Waals surface area contributed by atoms with Crippen molar-refractivity contribution in [3.63, 3.8) is 0 Å². The van der Waals surface area contributed by atoms with E-state index in [-0.39, 0.29) is 16.9 Å². The van der Waals surface area contributed by atoms with Gasteiger partial charge in [-0.05, 0) is 61.8 Å². The summed E-state index contributed by atoms with van der Waals surface area (Å²) in [5.74, 6) is -0.372. The number of hydrogen-bond donors (Lipinski definition) is 3. The van der Waals surface area contributed by atoms with Gasteiger partial charge in [0.2, 0.25) is 0 Å². The lowest BCUT2D eigenvalue weighted by molar-refractivity contribution is 0.0948. The highest BCUT2D eigenvalue weighted by Crippen LogP contribution is 2.21. The molecule has 2 aromatic rings. The Bertz CT molecular complexity index is 817. The second-order valence-corrected chi connectivity index (χ2v) is 6.46. The van der Waals surface area contributed by atoms with Crippen LogP contribution in [0.5, 0.6) is 0 Å². The van der Waals surface area contributed by atoms with Crippen LogP contribution in [-0.4, -0.2) is 23.0 Å². The molecule has 0 heterocycles. The van der Waals surface area contributed by atoms with E-state index in [4.69, 9.17) is 12.2 Å². The molecule has 1 aliphatic carbocycles. The van der Waals surface area contributed by atoms with Gasteiger partial charge in [0.05, 0.1) is 0 Å². The molecule has 0 atom stereocenters. The molecule has 0 unspecified atom stereocenters. The zero-order chi connectivity index (χ0) is 17.8. The molecule has 5 nitrogen and oxygen atoms in total. The van der Waals surface area contributed by atoms with E-state index in [1.54, 1.807) is 36.4 Å². The molecule has 0 bridgehead atoms. The monoisotopic (exact) mass is 353 g/mol. The Kier molecular flexibility index (Phi) is 5.09. The Morgan fingerprint density at radius 1 is 1.00 bits per heavy atom. The van der Waals surface area contributed by atoms with Crippen LogP contribution in [0.15, 0.2) is 48.5 Å². The summed E-state index contributed by atoms with van der Waals surface area (Å²) in [6.07, 6.45) is 2.08. The predicted molar refractivity (Wildman–Crippen MR) is 102 cm³/mol. The molecule has 2 aromatic carbocycles. The molecule has 6 heteroatoms. The van der Waals surface area contributed by atoms with Crippen molar-refractivity contribution in [3.8, 4) is 0 Å². The van der Waals surface area contributed by atoms with Crippen molar-refractivity contribution >= 4 is 34.8 Å². The van der Waals surface area contributed by atoms with Gasteiger partial charge in [0.15, 0.2) is 5.11 Å². The molecule has 0 aliphatic heterocycles. The first-order valence-electron chi connectivity index (χ1n) is 8.12. The maximum absolute atomic E-state index is 12.2. The summed E-state index contributed by atoms with van der Waals surface area (Å²) in [7, 11) is 0. The number of hydrogen-bond acceptors (Lipinski definition) is 3. The standard InChI is InChI=1S/C19H19N3O2S/c1-12-7-8-14(18(24)20-15-9-10-15)11-16(12)21-19(25)22-17(23)13-5-3-2-4-6-13/h2-8,11,15H,9-10H2,1H3,(H,20,24)(H2,21,22,23,25). The number of rotatable bonds is 4. The van der Waals surface area contributed by atoms with Crippen molar-refractivity contribution in [2.24, 2.45) is 0 Å². The van der Waals surface area contributed by atoms with Crippen molar-refractivity contribution in [1.29, 1.82) is 0 Å². The molecule has 128 valence electrons. The van der Waals surface area contributed by atoms with Crippen molar-refractivity contribution in [2.45, 2.75) is 25.8 Å². The van der Waals surface area contributed by atoms with Gasteiger partial charge < -0.3 is 10.6 Å². The Labute approximate surface area is 151 Å². The number of amides is 2. The molecule has 0 saturated heterocycles. The van der Waals surface area contributed by atoms with Crippen molar-refractivity contribution < 1.29 is 9.59 Å². The van der Waals surface area contributed by atoms with Gasteiger partial charge in [0, 0.05) is 22.9 Å². The lowest BCUT2D eigenvalue weighted by atomic mass is 10.1. The number of anilines is 1. The van der Waals surface area contributed by atoms with E-state index in [1.807, 2.05) is 19.1 Å². The quantitative estimate of drug-likeness (QED) is 0.739. The van der Waals surface area contributed by atoms with Crippen LogP contribution in [0.1, 0.15) is 39.1 Å². The summed E-state index contributed by atoms with van der Waals surface area (Å²) >= 11 is 5.22. The van der Waals surface area contributed by atoms with Crippen LogP contribution in [-0.2, 0) is 0 Å². The fourth-order valence-corrected chi connectivity index (χ4v) is 2.52. The van der Waals surface area contributed by atoms with Gasteiger partial charge >= 0.3 is 0 Å². The van der Waals surface area contributed by atoms with E-state index in [0.717, 1.165) is 18.4 Å². The normalized spacial score (nSPS) is 13.0. The molecule has 1 aliphatic rings.